The second-order valence-electron chi connectivity index (χ2n) is 3.81. The molecule has 16 heavy (non-hydrogen) atoms. The Hall–Kier alpha value is -1.85. The predicted molar refractivity (Wildman–Crippen MR) is 52.6 cm³/mol. The van der Waals surface area contributed by atoms with Crippen LogP contribution in [0.3, 0.4) is 0 Å². The zero-order valence-electron chi connectivity index (χ0n) is 8.63. The minimum atomic E-state index is -0.986. The SMILES string of the molecule is O=C(O)CN(C(=O)Cc1ccon1)C1CC1. The van der Waals surface area contributed by atoms with Crippen molar-refractivity contribution in [3.8, 4) is 0 Å². The highest BCUT2D eigenvalue weighted by atomic mass is 16.5. The molecular formula is C10H12N2O4. The minimum absolute atomic E-state index is 0.0931. The van der Waals surface area contributed by atoms with Crippen molar-refractivity contribution in [2.24, 2.45) is 0 Å². The molecule has 1 heterocycles. The van der Waals surface area contributed by atoms with Gasteiger partial charge in [-0.15, -0.1) is 0 Å². The van der Waals surface area contributed by atoms with Gasteiger partial charge < -0.3 is 14.5 Å². The summed E-state index contributed by atoms with van der Waals surface area (Å²) in [6.07, 6.45) is 3.26. The van der Waals surface area contributed by atoms with E-state index in [2.05, 4.69) is 9.68 Å². The van der Waals surface area contributed by atoms with E-state index in [1.165, 1.54) is 11.2 Å². The Morgan fingerprint density at radius 2 is 2.31 bits per heavy atom. The lowest BCUT2D eigenvalue weighted by molar-refractivity contribution is -0.144. The van der Waals surface area contributed by atoms with Gasteiger partial charge in [0.15, 0.2) is 0 Å². The number of hydrogen-bond donors (Lipinski definition) is 1. The molecule has 1 aromatic heterocycles. The second kappa shape index (κ2) is 4.34. The largest absolute Gasteiger partial charge is 0.480 e. The molecule has 1 amide bonds. The first-order valence-electron chi connectivity index (χ1n) is 5.07. The molecule has 86 valence electrons. The summed E-state index contributed by atoms with van der Waals surface area (Å²) in [5.74, 6) is -1.20. The van der Waals surface area contributed by atoms with Gasteiger partial charge in [0.25, 0.3) is 0 Å². The standard InChI is InChI=1S/C10H12N2O4/c13-9(5-7-3-4-16-11-7)12(6-10(14)15)8-1-2-8/h3-4,8H,1-2,5-6H2,(H,14,15). The van der Waals surface area contributed by atoms with Gasteiger partial charge in [0.2, 0.25) is 5.91 Å². The summed E-state index contributed by atoms with van der Waals surface area (Å²) in [7, 11) is 0. The Kier molecular flexibility index (Phi) is 2.89. The number of aromatic nitrogens is 1. The summed E-state index contributed by atoms with van der Waals surface area (Å²) in [6, 6.07) is 1.69. The van der Waals surface area contributed by atoms with E-state index < -0.39 is 5.97 Å². The number of amides is 1. The lowest BCUT2D eigenvalue weighted by Crippen LogP contribution is -2.38. The van der Waals surface area contributed by atoms with Crippen LogP contribution < -0.4 is 0 Å². The van der Waals surface area contributed by atoms with Crippen LogP contribution in [0.15, 0.2) is 16.9 Å². The third-order valence-electron chi connectivity index (χ3n) is 2.44. The van der Waals surface area contributed by atoms with E-state index in [1.807, 2.05) is 0 Å². The molecule has 1 fully saturated rings. The van der Waals surface area contributed by atoms with Gasteiger partial charge in [0.05, 0.1) is 12.1 Å². The summed E-state index contributed by atoms with van der Waals surface area (Å²) in [6.45, 7) is -0.235. The summed E-state index contributed by atoms with van der Waals surface area (Å²) in [5, 5.41) is 12.3. The topological polar surface area (TPSA) is 83.6 Å². The molecule has 0 spiro atoms. The van der Waals surface area contributed by atoms with Crippen molar-refractivity contribution in [1.82, 2.24) is 10.1 Å². The van der Waals surface area contributed by atoms with E-state index >= 15 is 0 Å². The summed E-state index contributed by atoms with van der Waals surface area (Å²) in [5.41, 5.74) is 0.529. The van der Waals surface area contributed by atoms with E-state index in [0.717, 1.165) is 12.8 Å². The van der Waals surface area contributed by atoms with Crippen LogP contribution in [0.1, 0.15) is 18.5 Å². The highest BCUT2D eigenvalue weighted by Gasteiger charge is 2.33. The number of aliphatic carboxylic acids is 1. The fraction of sp³-hybridized carbons (Fsp3) is 0.500. The van der Waals surface area contributed by atoms with Crippen LogP contribution >= 0.6 is 0 Å². The van der Waals surface area contributed by atoms with Gasteiger partial charge in [-0.1, -0.05) is 5.16 Å². The molecule has 0 radical (unpaired) electrons. The second-order valence-corrected chi connectivity index (χ2v) is 3.81. The number of carboxylic acids is 1. The average Bonchev–Trinajstić information content (AvgIpc) is 2.94. The van der Waals surface area contributed by atoms with Crippen molar-refractivity contribution in [3.05, 3.63) is 18.0 Å². The molecule has 0 bridgehead atoms. The summed E-state index contributed by atoms with van der Waals surface area (Å²) >= 11 is 0. The first-order chi connectivity index (χ1) is 7.66. The molecule has 0 aliphatic heterocycles. The maximum Gasteiger partial charge on any atom is 0.323 e. The van der Waals surface area contributed by atoms with Crippen molar-refractivity contribution in [2.45, 2.75) is 25.3 Å². The molecule has 6 heteroatoms. The molecule has 0 saturated heterocycles. The van der Waals surface area contributed by atoms with Crippen LogP contribution in [0.4, 0.5) is 0 Å². The smallest absolute Gasteiger partial charge is 0.323 e. The van der Waals surface area contributed by atoms with Crippen LogP contribution in [-0.4, -0.2) is 39.6 Å². The number of carbonyl (C=O) groups excluding carboxylic acids is 1. The Morgan fingerprint density at radius 1 is 1.56 bits per heavy atom. The highest BCUT2D eigenvalue weighted by molar-refractivity contribution is 5.83. The minimum Gasteiger partial charge on any atom is -0.480 e. The molecule has 1 saturated carbocycles. The molecule has 2 rings (SSSR count). The normalized spacial score (nSPS) is 14.8. The van der Waals surface area contributed by atoms with Crippen LogP contribution in [0, 0.1) is 0 Å². The third-order valence-corrected chi connectivity index (χ3v) is 2.44. The van der Waals surface area contributed by atoms with E-state index in [9.17, 15) is 9.59 Å². The van der Waals surface area contributed by atoms with Crippen molar-refractivity contribution in [3.63, 3.8) is 0 Å². The number of carboxylic acid groups (broad SMARTS) is 1. The van der Waals surface area contributed by atoms with Crippen LogP contribution in [0.25, 0.3) is 0 Å². The Bertz CT molecular complexity index is 384. The maximum atomic E-state index is 11.8. The van der Waals surface area contributed by atoms with E-state index in [-0.39, 0.29) is 24.9 Å². The van der Waals surface area contributed by atoms with Crippen molar-refractivity contribution < 1.29 is 19.2 Å². The van der Waals surface area contributed by atoms with Crippen molar-refractivity contribution in [1.29, 1.82) is 0 Å². The Labute approximate surface area is 91.8 Å². The zero-order chi connectivity index (χ0) is 11.5. The lowest BCUT2D eigenvalue weighted by Gasteiger charge is -2.19. The molecule has 1 aliphatic carbocycles. The summed E-state index contributed by atoms with van der Waals surface area (Å²) < 4.78 is 4.62. The fourth-order valence-electron chi connectivity index (χ4n) is 1.54. The van der Waals surface area contributed by atoms with Gasteiger partial charge in [-0.25, -0.2) is 0 Å². The maximum absolute atomic E-state index is 11.8. The van der Waals surface area contributed by atoms with Gasteiger partial charge in [0, 0.05) is 12.1 Å². The fourth-order valence-corrected chi connectivity index (χ4v) is 1.54. The molecule has 1 aliphatic rings. The first-order valence-corrected chi connectivity index (χ1v) is 5.07. The van der Waals surface area contributed by atoms with Crippen LogP contribution in [0.2, 0.25) is 0 Å². The van der Waals surface area contributed by atoms with E-state index in [0.29, 0.717) is 5.69 Å². The monoisotopic (exact) mass is 224 g/mol. The average molecular weight is 224 g/mol. The van der Waals surface area contributed by atoms with Crippen molar-refractivity contribution >= 4 is 11.9 Å². The number of nitrogens with zero attached hydrogens (tertiary/aromatic N) is 2. The van der Waals surface area contributed by atoms with Gasteiger partial charge in [-0.2, -0.15) is 0 Å². The highest BCUT2D eigenvalue weighted by Crippen LogP contribution is 2.27. The zero-order valence-corrected chi connectivity index (χ0v) is 8.63. The van der Waals surface area contributed by atoms with E-state index in [4.69, 9.17) is 5.11 Å². The molecule has 1 aromatic rings. The molecular weight excluding hydrogens is 212 g/mol. The molecule has 1 N–H and O–H groups in total. The van der Waals surface area contributed by atoms with Crippen LogP contribution in [-0.2, 0) is 16.0 Å². The van der Waals surface area contributed by atoms with Gasteiger partial charge in [0.1, 0.15) is 12.8 Å². The Morgan fingerprint density at radius 3 is 2.81 bits per heavy atom. The van der Waals surface area contributed by atoms with Crippen LogP contribution in [0.5, 0.6) is 0 Å². The predicted octanol–water partition coefficient (Wildman–Crippen LogP) is 0.293. The van der Waals surface area contributed by atoms with Gasteiger partial charge >= 0.3 is 5.97 Å². The van der Waals surface area contributed by atoms with Crippen molar-refractivity contribution in [2.75, 3.05) is 6.54 Å². The van der Waals surface area contributed by atoms with Gasteiger partial charge in [-0.05, 0) is 12.8 Å². The molecule has 0 unspecified atom stereocenters. The molecule has 0 aromatic carbocycles. The number of rotatable bonds is 5. The first kappa shape index (κ1) is 10.7. The number of carbonyl (C=O) groups is 2. The lowest BCUT2D eigenvalue weighted by atomic mass is 10.2. The number of hydrogen-bond acceptors (Lipinski definition) is 4. The molecule has 0 atom stereocenters. The Balaban J connectivity index is 1.97. The quantitative estimate of drug-likeness (QED) is 0.777. The third kappa shape index (κ3) is 2.59. The van der Waals surface area contributed by atoms with Gasteiger partial charge in [-0.3, -0.25) is 9.59 Å². The molecule has 6 nitrogen and oxygen atoms in total. The summed E-state index contributed by atoms with van der Waals surface area (Å²) in [4.78, 5) is 23.8. The van der Waals surface area contributed by atoms with E-state index in [1.54, 1.807) is 6.07 Å².